The van der Waals surface area contributed by atoms with Crippen LogP contribution in [0.15, 0.2) is 29.2 Å². The smallest absolute Gasteiger partial charge is 0.217 e. The summed E-state index contributed by atoms with van der Waals surface area (Å²) in [6, 6.07) is 9.62. The molecule has 3 rings (SSSR count). The number of hydrogen-bond donors (Lipinski definition) is 2. The lowest BCUT2D eigenvalue weighted by Gasteiger charge is -2.34. The third-order valence-electron chi connectivity index (χ3n) is 4.09. The van der Waals surface area contributed by atoms with Crippen LogP contribution in [0.25, 0.3) is 0 Å². The molecule has 0 spiro atoms. The molecule has 0 aliphatic carbocycles. The summed E-state index contributed by atoms with van der Waals surface area (Å²) in [7, 11) is 0. The first kappa shape index (κ1) is 17.3. The Morgan fingerprint density at radius 3 is 2.91 bits per heavy atom. The van der Waals surface area contributed by atoms with Crippen LogP contribution in [0, 0.1) is 0 Å². The molecule has 0 aromatic heterocycles. The van der Waals surface area contributed by atoms with Gasteiger partial charge in [-0.05, 0) is 36.8 Å². The van der Waals surface area contributed by atoms with E-state index in [1.54, 1.807) is 12.5 Å². The number of carbonyl (C=O) groups excluding carboxylic acids is 1. The van der Waals surface area contributed by atoms with Crippen LogP contribution in [0.1, 0.15) is 37.8 Å². The minimum absolute atomic E-state index is 0.245. The fraction of sp³-hybridized carbons (Fsp3) is 0.588. The van der Waals surface area contributed by atoms with Gasteiger partial charge < -0.3 is 11.1 Å². The van der Waals surface area contributed by atoms with Crippen molar-refractivity contribution in [2.75, 3.05) is 31.9 Å². The van der Waals surface area contributed by atoms with Crippen molar-refractivity contribution in [3.63, 3.8) is 0 Å². The standard InChI is InChI=1S/C14H20N2S.C3H7NO/c1-2-5-14-12(4-1)13(6-11-17-14)16-9-3-7-15-8-10-16;1-2-3(4)5/h1-2,4-5,13,15H,3,6-11H2;2H2,1H3,(H2,4,5). The Morgan fingerprint density at radius 1 is 1.36 bits per heavy atom. The van der Waals surface area contributed by atoms with Gasteiger partial charge in [-0.3, -0.25) is 9.69 Å². The molecule has 0 radical (unpaired) electrons. The number of carbonyl (C=O) groups is 1. The fourth-order valence-corrected chi connectivity index (χ4v) is 3.99. The van der Waals surface area contributed by atoms with Crippen molar-refractivity contribution in [2.24, 2.45) is 5.73 Å². The topological polar surface area (TPSA) is 58.4 Å². The maximum Gasteiger partial charge on any atom is 0.217 e. The first-order valence-corrected chi connectivity index (χ1v) is 9.15. The molecule has 4 nitrogen and oxygen atoms in total. The summed E-state index contributed by atoms with van der Waals surface area (Å²) < 4.78 is 0. The second-order valence-electron chi connectivity index (χ2n) is 5.65. The number of primary amides is 1. The van der Waals surface area contributed by atoms with Crippen LogP contribution in [-0.4, -0.2) is 42.7 Å². The molecule has 5 heteroatoms. The first-order chi connectivity index (χ1) is 10.7. The van der Waals surface area contributed by atoms with Gasteiger partial charge in [-0.15, -0.1) is 11.8 Å². The Balaban J connectivity index is 0.000000309. The minimum Gasteiger partial charge on any atom is -0.370 e. The Kier molecular flexibility index (Phi) is 7.22. The number of thioether (sulfide) groups is 1. The Hall–Kier alpha value is -1.04. The van der Waals surface area contributed by atoms with E-state index in [0.717, 1.165) is 6.54 Å². The van der Waals surface area contributed by atoms with Gasteiger partial charge in [0.2, 0.25) is 5.91 Å². The first-order valence-electron chi connectivity index (χ1n) is 8.17. The number of fused-ring (bicyclic) bond motifs is 1. The highest BCUT2D eigenvalue weighted by Crippen LogP contribution is 2.39. The number of nitrogens with two attached hydrogens (primary N) is 1. The number of hydrogen-bond acceptors (Lipinski definition) is 4. The molecule has 2 aliphatic heterocycles. The van der Waals surface area contributed by atoms with E-state index < -0.39 is 0 Å². The zero-order valence-corrected chi connectivity index (χ0v) is 14.2. The lowest BCUT2D eigenvalue weighted by molar-refractivity contribution is -0.117. The van der Waals surface area contributed by atoms with E-state index in [9.17, 15) is 4.79 Å². The Labute approximate surface area is 137 Å². The van der Waals surface area contributed by atoms with Crippen LogP contribution < -0.4 is 11.1 Å². The monoisotopic (exact) mass is 321 g/mol. The second kappa shape index (κ2) is 9.18. The largest absolute Gasteiger partial charge is 0.370 e. The average Bonchev–Trinajstić information content (AvgIpc) is 2.84. The lowest BCUT2D eigenvalue weighted by atomic mass is 10.0. The molecule has 1 aromatic rings. The number of nitrogens with one attached hydrogen (secondary N) is 1. The summed E-state index contributed by atoms with van der Waals surface area (Å²) in [5.41, 5.74) is 6.21. The molecule has 0 saturated carbocycles. The third kappa shape index (κ3) is 5.00. The summed E-state index contributed by atoms with van der Waals surface area (Å²) in [6.07, 6.45) is 3.04. The molecule has 1 saturated heterocycles. The van der Waals surface area contributed by atoms with Crippen molar-refractivity contribution in [1.29, 1.82) is 0 Å². The van der Waals surface area contributed by atoms with Crippen LogP contribution in [0.4, 0.5) is 0 Å². The van der Waals surface area contributed by atoms with Gasteiger partial charge in [0.15, 0.2) is 0 Å². The van der Waals surface area contributed by atoms with E-state index >= 15 is 0 Å². The predicted octanol–water partition coefficient (Wildman–Crippen LogP) is 2.40. The van der Waals surface area contributed by atoms with Crippen molar-refractivity contribution in [3.05, 3.63) is 29.8 Å². The SMILES string of the molecule is CCC(N)=O.c1ccc2c(c1)SCCC2N1CCCNCC1. The molecule has 2 heterocycles. The highest BCUT2D eigenvalue weighted by molar-refractivity contribution is 7.99. The van der Waals surface area contributed by atoms with Gasteiger partial charge in [-0.1, -0.05) is 25.1 Å². The summed E-state index contributed by atoms with van der Waals surface area (Å²) in [5.74, 6) is 1.02. The molecule has 1 fully saturated rings. The van der Waals surface area contributed by atoms with Crippen molar-refractivity contribution in [3.8, 4) is 0 Å². The Bertz CT molecular complexity index is 473. The zero-order chi connectivity index (χ0) is 15.8. The van der Waals surface area contributed by atoms with E-state index in [1.807, 2.05) is 11.8 Å². The quantitative estimate of drug-likeness (QED) is 0.878. The zero-order valence-electron chi connectivity index (χ0n) is 13.4. The predicted molar refractivity (Wildman–Crippen MR) is 93.1 cm³/mol. The van der Waals surface area contributed by atoms with E-state index in [2.05, 4.69) is 40.2 Å². The van der Waals surface area contributed by atoms with Gasteiger partial charge in [0.05, 0.1) is 0 Å². The van der Waals surface area contributed by atoms with Crippen LogP contribution in [0.5, 0.6) is 0 Å². The molecular weight excluding hydrogens is 294 g/mol. The van der Waals surface area contributed by atoms with E-state index in [-0.39, 0.29) is 5.91 Å². The number of nitrogens with zero attached hydrogens (tertiary/aromatic N) is 1. The highest BCUT2D eigenvalue weighted by Gasteiger charge is 2.26. The fourth-order valence-electron chi connectivity index (χ4n) is 2.88. The Morgan fingerprint density at radius 2 is 2.14 bits per heavy atom. The van der Waals surface area contributed by atoms with Gasteiger partial charge in [0, 0.05) is 37.0 Å². The van der Waals surface area contributed by atoms with Gasteiger partial charge in [0.1, 0.15) is 0 Å². The molecule has 22 heavy (non-hydrogen) atoms. The lowest BCUT2D eigenvalue weighted by Crippen LogP contribution is -2.33. The maximum absolute atomic E-state index is 9.59. The molecule has 2 aliphatic rings. The number of rotatable bonds is 2. The van der Waals surface area contributed by atoms with Gasteiger partial charge in [0.25, 0.3) is 0 Å². The van der Waals surface area contributed by atoms with Crippen molar-refractivity contribution < 1.29 is 4.79 Å². The molecule has 1 atom stereocenters. The minimum atomic E-state index is -0.245. The molecule has 1 unspecified atom stereocenters. The average molecular weight is 321 g/mol. The molecule has 1 aromatic carbocycles. The second-order valence-corrected chi connectivity index (χ2v) is 6.79. The third-order valence-corrected chi connectivity index (χ3v) is 5.21. The van der Waals surface area contributed by atoms with Crippen LogP contribution in [0.3, 0.4) is 0 Å². The number of benzene rings is 1. The summed E-state index contributed by atoms with van der Waals surface area (Å²) in [5, 5.41) is 3.49. The van der Waals surface area contributed by atoms with E-state index in [4.69, 9.17) is 0 Å². The van der Waals surface area contributed by atoms with Crippen molar-refractivity contribution in [2.45, 2.75) is 37.1 Å². The van der Waals surface area contributed by atoms with E-state index in [1.165, 1.54) is 43.1 Å². The van der Waals surface area contributed by atoms with Crippen LogP contribution in [-0.2, 0) is 4.79 Å². The van der Waals surface area contributed by atoms with Gasteiger partial charge >= 0.3 is 0 Å². The molecule has 3 N–H and O–H groups in total. The molecular formula is C17H27N3OS. The summed E-state index contributed by atoms with van der Waals surface area (Å²) in [6.45, 7) is 6.49. The van der Waals surface area contributed by atoms with Gasteiger partial charge in [-0.25, -0.2) is 0 Å². The normalized spacial score (nSPS) is 22.0. The van der Waals surface area contributed by atoms with Gasteiger partial charge in [-0.2, -0.15) is 0 Å². The summed E-state index contributed by atoms with van der Waals surface area (Å²) in [4.78, 5) is 13.8. The van der Waals surface area contributed by atoms with Crippen molar-refractivity contribution in [1.82, 2.24) is 10.2 Å². The summed E-state index contributed by atoms with van der Waals surface area (Å²) >= 11 is 2.02. The van der Waals surface area contributed by atoms with Crippen LogP contribution in [0.2, 0.25) is 0 Å². The maximum atomic E-state index is 9.59. The number of amides is 1. The van der Waals surface area contributed by atoms with E-state index in [0.29, 0.717) is 12.5 Å². The highest BCUT2D eigenvalue weighted by atomic mass is 32.2. The molecule has 0 bridgehead atoms. The van der Waals surface area contributed by atoms with Crippen molar-refractivity contribution >= 4 is 17.7 Å². The van der Waals surface area contributed by atoms with Crippen LogP contribution >= 0.6 is 11.8 Å². The molecule has 1 amide bonds. The molecule has 122 valence electrons.